The first kappa shape index (κ1) is 51.7. The minimum atomic E-state index is -4.55. The maximum Gasteiger partial charge on any atom is 0.508 e. The lowest BCUT2D eigenvalue weighted by atomic mass is 9.47. The van der Waals surface area contributed by atoms with Crippen molar-refractivity contribution in [3.63, 3.8) is 0 Å². The average Bonchev–Trinajstić information content (AvgIpc) is 3.54. The molecule has 0 aromatic carbocycles. The van der Waals surface area contributed by atoms with Crippen molar-refractivity contribution in [2.24, 2.45) is 46.3 Å². The second-order valence-corrected chi connectivity index (χ2v) is 23.2. The van der Waals surface area contributed by atoms with E-state index in [-0.39, 0.29) is 31.3 Å². The zero-order valence-corrected chi connectivity index (χ0v) is 41.0. The van der Waals surface area contributed by atoms with E-state index in [2.05, 4.69) is 47.6 Å². The highest BCUT2D eigenvalue weighted by atomic mass is 31.2. The summed E-state index contributed by atoms with van der Waals surface area (Å²) >= 11 is 0. The summed E-state index contributed by atoms with van der Waals surface area (Å²) in [6.45, 7) is 15.2. The molecule has 60 heavy (non-hydrogen) atoms. The molecule has 4 aliphatic rings. The van der Waals surface area contributed by atoms with Crippen LogP contribution in [-0.2, 0) is 27.8 Å². The van der Waals surface area contributed by atoms with Gasteiger partial charge in [-0.05, 0) is 97.7 Å². The smallest absolute Gasteiger partial charge is 0.508 e. The van der Waals surface area contributed by atoms with Crippen LogP contribution >= 0.6 is 7.82 Å². The van der Waals surface area contributed by atoms with E-state index in [1.54, 1.807) is 0 Å². The van der Waals surface area contributed by atoms with E-state index in [0.29, 0.717) is 29.0 Å². The van der Waals surface area contributed by atoms with E-state index in [9.17, 15) is 14.3 Å². The highest BCUT2D eigenvalue weighted by molar-refractivity contribution is 7.45. The van der Waals surface area contributed by atoms with Crippen LogP contribution in [0.5, 0.6) is 0 Å². The van der Waals surface area contributed by atoms with E-state index in [1.165, 1.54) is 108 Å². The highest BCUT2D eigenvalue weighted by Gasteiger charge is 2.59. The van der Waals surface area contributed by atoms with E-state index in [0.717, 1.165) is 74.5 Å². The number of fused-ring (bicyclic) bond motifs is 5. The number of quaternary nitrogens is 1. The van der Waals surface area contributed by atoms with Gasteiger partial charge in [-0.15, -0.1) is 0 Å². The number of carbonyl (C=O) groups excluding carboxylic acids is 1. The molecular weight excluding hydrogens is 774 g/mol. The molecule has 0 heterocycles. The standard InChI is InChI=1S/C50H92NO8P/c1-10-11-12-13-14-15-16-17-18-19-20-21-34-55-43(38-58-60(53,54)57-35-33-51(7,8)9)37-56-48(52)59-42-29-31-49(5)41(36-42)25-26-44-46-28-27-45(40(4)24-22-23-39(2)3)50(46,6)32-30-47(44)49/h25,39-40,42-47H,10-24,26-38H2,1-9H3/t40-,42+,43?,44+,45-,46+,47+,49+,50-/m1/s1. The number of phosphoric acid groups is 1. The molecule has 0 aliphatic heterocycles. The van der Waals surface area contributed by atoms with Gasteiger partial charge in [-0.1, -0.05) is 143 Å². The molecule has 9 nitrogen and oxygen atoms in total. The summed E-state index contributed by atoms with van der Waals surface area (Å²) in [7, 11) is 1.35. The van der Waals surface area contributed by atoms with Crippen LogP contribution in [0.4, 0.5) is 4.79 Å². The van der Waals surface area contributed by atoms with Crippen molar-refractivity contribution < 1.29 is 42.0 Å². The molecule has 0 radical (unpaired) electrons. The van der Waals surface area contributed by atoms with Crippen LogP contribution in [0.2, 0.25) is 0 Å². The van der Waals surface area contributed by atoms with Gasteiger partial charge in [0.15, 0.2) is 0 Å². The molecule has 0 spiro atoms. The Bertz CT molecular complexity index is 1330. The van der Waals surface area contributed by atoms with Crippen molar-refractivity contribution in [2.75, 3.05) is 54.1 Å². The molecule has 2 unspecified atom stereocenters. The van der Waals surface area contributed by atoms with Crippen LogP contribution in [0.3, 0.4) is 0 Å². The van der Waals surface area contributed by atoms with Crippen molar-refractivity contribution in [1.29, 1.82) is 0 Å². The Hall–Kier alpha value is -0.960. The van der Waals surface area contributed by atoms with Crippen LogP contribution in [-0.4, -0.2) is 77.0 Å². The summed E-state index contributed by atoms with van der Waals surface area (Å²) in [4.78, 5) is 25.7. The number of rotatable bonds is 29. The van der Waals surface area contributed by atoms with Gasteiger partial charge >= 0.3 is 6.16 Å². The van der Waals surface area contributed by atoms with Crippen molar-refractivity contribution in [3.05, 3.63) is 11.6 Å². The second-order valence-electron chi connectivity index (χ2n) is 21.8. The number of hydrogen-bond donors (Lipinski definition) is 0. The summed E-state index contributed by atoms with van der Waals surface area (Å²) in [5.74, 6) is 4.74. The monoisotopic (exact) mass is 866 g/mol. The molecule has 0 aromatic rings. The zero-order chi connectivity index (χ0) is 43.8. The molecule has 10 heteroatoms. The van der Waals surface area contributed by atoms with E-state index < -0.39 is 20.1 Å². The summed E-state index contributed by atoms with van der Waals surface area (Å²) in [5, 5.41) is 0. The van der Waals surface area contributed by atoms with E-state index in [1.807, 2.05) is 21.1 Å². The summed E-state index contributed by atoms with van der Waals surface area (Å²) in [5.41, 5.74) is 2.10. The number of carbonyl (C=O) groups is 1. The minimum Gasteiger partial charge on any atom is -0.756 e. The van der Waals surface area contributed by atoms with Crippen LogP contribution in [0.15, 0.2) is 11.6 Å². The van der Waals surface area contributed by atoms with Crippen molar-refractivity contribution in [3.8, 4) is 0 Å². The van der Waals surface area contributed by atoms with Crippen molar-refractivity contribution in [2.45, 2.75) is 201 Å². The van der Waals surface area contributed by atoms with Gasteiger partial charge in [0.2, 0.25) is 0 Å². The maximum atomic E-state index is 13.2. The lowest BCUT2D eigenvalue weighted by Crippen LogP contribution is -2.51. The van der Waals surface area contributed by atoms with Gasteiger partial charge in [-0.3, -0.25) is 4.57 Å². The first-order valence-corrected chi connectivity index (χ1v) is 26.5. The van der Waals surface area contributed by atoms with Gasteiger partial charge in [-0.2, -0.15) is 0 Å². The van der Waals surface area contributed by atoms with Crippen LogP contribution in [0.25, 0.3) is 0 Å². The SMILES string of the molecule is CCCCCCCCCCCCCCOC(COC(=O)O[C@H]1CC[C@@]2(C)C(=CC[C@H]3[C@@H]4CC[C@H]([C@H](C)CCCC(C)C)[C@@]4(C)CC[C@@H]32)C1)COP(=O)([O-])OCC[N+](C)(C)C. The van der Waals surface area contributed by atoms with Gasteiger partial charge in [0, 0.05) is 13.0 Å². The molecule has 4 rings (SSSR count). The normalized spacial score (nSPS) is 29.9. The molecule has 0 amide bonds. The lowest BCUT2D eigenvalue weighted by molar-refractivity contribution is -0.870. The fourth-order valence-corrected chi connectivity index (χ4v) is 12.8. The number of likely N-dealkylation sites (N-methyl/N-ethyl adjacent to an activating group) is 1. The molecular formula is C50H92NO8P. The topological polar surface area (TPSA) is 103 Å². The van der Waals surface area contributed by atoms with Gasteiger partial charge in [0.1, 0.15) is 32.0 Å². The molecule has 10 atom stereocenters. The number of unbranched alkanes of at least 4 members (excludes halogenated alkanes) is 11. The van der Waals surface area contributed by atoms with Gasteiger partial charge in [0.05, 0.1) is 27.7 Å². The molecule has 0 saturated heterocycles. The predicted molar refractivity (Wildman–Crippen MR) is 242 cm³/mol. The Morgan fingerprint density at radius 3 is 2.13 bits per heavy atom. The Morgan fingerprint density at radius 1 is 0.817 bits per heavy atom. The summed E-state index contributed by atoms with van der Waals surface area (Å²) in [6.07, 6.45) is 29.0. The Morgan fingerprint density at radius 2 is 1.48 bits per heavy atom. The quantitative estimate of drug-likeness (QED) is 0.0241. The second kappa shape index (κ2) is 24.9. The molecule has 0 aromatic heterocycles. The van der Waals surface area contributed by atoms with Crippen LogP contribution in [0.1, 0.15) is 189 Å². The third kappa shape index (κ3) is 16.2. The Labute approximate surface area is 368 Å². The fraction of sp³-hybridized carbons (Fsp3) is 0.940. The molecule has 3 fully saturated rings. The Kier molecular flexibility index (Phi) is 21.5. The van der Waals surface area contributed by atoms with E-state index >= 15 is 0 Å². The van der Waals surface area contributed by atoms with Crippen molar-refractivity contribution >= 4 is 14.0 Å². The predicted octanol–water partition coefficient (Wildman–Crippen LogP) is 12.8. The third-order valence-electron chi connectivity index (χ3n) is 15.7. The lowest BCUT2D eigenvalue weighted by Gasteiger charge is -2.58. The molecule has 0 bridgehead atoms. The van der Waals surface area contributed by atoms with Crippen molar-refractivity contribution in [1.82, 2.24) is 0 Å². The minimum absolute atomic E-state index is 0.0220. The number of ether oxygens (including phenoxy) is 3. The highest BCUT2D eigenvalue weighted by Crippen LogP contribution is 2.67. The van der Waals surface area contributed by atoms with Gasteiger partial charge < -0.3 is 32.6 Å². The molecule has 4 aliphatic carbocycles. The number of hydrogen-bond acceptors (Lipinski definition) is 8. The van der Waals surface area contributed by atoms with Crippen LogP contribution in [0, 0.1) is 46.3 Å². The Balaban J connectivity index is 1.23. The maximum absolute atomic E-state index is 13.2. The molecule has 350 valence electrons. The first-order chi connectivity index (χ1) is 28.5. The summed E-state index contributed by atoms with van der Waals surface area (Å²) < 4.78 is 41.1. The number of nitrogens with zero attached hydrogens (tertiary/aromatic N) is 1. The first-order valence-electron chi connectivity index (χ1n) is 25.0. The van der Waals surface area contributed by atoms with Crippen LogP contribution < -0.4 is 4.89 Å². The van der Waals surface area contributed by atoms with E-state index in [4.69, 9.17) is 23.3 Å². The average molecular weight is 866 g/mol. The van der Waals surface area contributed by atoms with Gasteiger partial charge in [-0.25, -0.2) is 4.79 Å². The number of allylic oxidation sites excluding steroid dienone is 1. The fourth-order valence-electron chi connectivity index (χ4n) is 12.1. The zero-order valence-electron chi connectivity index (χ0n) is 40.2. The largest absolute Gasteiger partial charge is 0.756 e. The summed E-state index contributed by atoms with van der Waals surface area (Å²) in [6, 6.07) is 0. The molecule has 0 N–H and O–H groups in total. The number of phosphoric ester groups is 1. The van der Waals surface area contributed by atoms with Gasteiger partial charge in [0.25, 0.3) is 7.82 Å². The molecule has 3 saturated carbocycles. The third-order valence-corrected chi connectivity index (χ3v) is 16.7.